The maximum absolute atomic E-state index is 11.3. The molecule has 0 spiro atoms. The minimum atomic E-state index is -0.910. The van der Waals surface area contributed by atoms with Gasteiger partial charge in [0.15, 0.2) is 0 Å². The van der Waals surface area contributed by atoms with Gasteiger partial charge in [-0.1, -0.05) is 55.2 Å². The van der Waals surface area contributed by atoms with Crippen LogP contribution in [0.1, 0.15) is 58.1 Å². The van der Waals surface area contributed by atoms with Crippen LogP contribution in [0, 0.1) is 13.8 Å². The molecule has 0 atom stereocenters. The van der Waals surface area contributed by atoms with E-state index in [1.807, 2.05) is 63.5 Å². The predicted octanol–water partition coefficient (Wildman–Crippen LogP) is 7.83. The van der Waals surface area contributed by atoms with Gasteiger partial charge in [0.1, 0.15) is 18.0 Å². The van der Waals surface area contributed by atoms with Gasteiger partial charge in [0.05, 0.1) is 27.5 Å². The Morgan fingerprint density at radius 1 is 1.05 bits per heavy atom. The Labute approximate surface area is 233 Å². The zero-order chi connectivity index (χ0) is 27.6. The summed E-state index contributed by atoms with van der Waals surface area (Å²) in [6.07, 6.45) is 1.84. The Balaban J connectivity index is 1.53. The van der Waals surface area contributed by atoms with Crippen LogP contribution in [0.2, 0.25) is 10.0 Å². The minimum absolute atomic E-state index is 0.245. The van der Waals surface area contributed by atoms with E-state index in [2.05, 4.69) is 23.8 Å². The van der Waals surface area contributed by atoms with Crippen molar-refractivity contribution in [2.75, 3.05) is 11.9 Å². The van der Waals surface area contributed by atoms with Gasteiger partial charge in [-0.3, -0.25) is 0 Å². The van der Waals surface area contributed by atoms with Gasteiger partial charge in [-0.05, 0) is 78.4 Å². The van der Waals surface area contributed by atoms with Crippen LogP contribution in [0.3, 0.4) is 0 Å². The van der Waals surface area contributed by atoms with Gasteiger partial charge >= 0.3 is 5.97 Å². The van der Waals surface area contributed by atoms with E-state index in [9.17, 15) is 9.90 Å². The summed E-state index contributed by atoms with van der Waals surface area (Å²) < 4.78 is 8.02. The third kappa shape index (κ3) is 5.82. The average molecular weight is 553 g/mol. The molecular formula is C30H31Cl2N3O3. The highest BCUT2D eigenvalue weighted by molar-refractivity contribution is 6.37. The molecule has 0 saturated heterocycles. The summed E-state index contributed by atoms with van der Waals surface area (Å²) in [4.78, 5) is 13.5. The number of anilines is 1. The largest absolute Gasteiger partial charge is 0.487 e. The molecule has 0 fully saturated rings. The van der Waals surface area contributed by atoms with Crippen LogP contribution >= 0.6 is 23.2 Å². The number of benzene rings is 3. The van der Waals surface area contributed by atoms with Crippen molar-refractivity contribution in [2.24, 2.45) is 0 Å². The summed E-state index contributed by atoms with van der Waals surface area (Å²) >= 11 is 13.0. The van der Waals surface area contributed by atoms with Gasteiger partial charge in [0, 0.05) is 19.3 Å². The molecule has 198 valence electrons. The second-order valence-corrected chi connectivity index (χ2v) is 10.5. The lowest BCUT2D eigenvalue weighted by Crippen LogP contribution is -2.18. The molecule has 0 unspecified atom stereocenters. The fraction of sp³-hybridized carbons (Fsp3) is 0.267. The lowest BCUT2D eigenvalue weighted by Gasteiger charge is -2.23. The highest BCUT2D eigenvalue weighted by Gasteiger charge is 2.19. The number of hydrogen-bond acceptors (Lipinski definition) is 4. The van der Waals surface area contributed by atoms with Gasteiger partial charge in [-0.25, -0.2) is 9.48 Å². The Kier molecular flexibility index (Phi) is 8.34. The van der Waals surface area contributed by atoms with Crippen LogP contribution < -0.4 is 9.64 Å². The van der Waals surface area contributed by atoms with Crippen molar-refractivity contribution in [1.29, 1.82) is 0 Å². The van der Waals surface area contributed by atoms with Gasteiger partial charge < -0.3 is 14.7 Å². The summed E-state index contributed by atoms with van der Waals surface area (Å²) in [6, 6.07) is 16.9. The number of aromatic carboxylic acids is 1. The van der Waals surface area contributed by atoms with Crippen molar-refractivity contribution in [2.45, 2.75) is 46.8 Å². The Morgan fingerprint density at radius 3 is 2.37 bits per heavy atom. The second-order valence-electron chi connectivity index (χ2n) is 9.73. The zero-order valence-electron chi connectivity index (χ0n) is 22.1. The molecule has 4 aromatic rings. The molecule has 0 bridgehead atoms. The van der Waals surface area contributed by atoms with E-state index in [1.165, 1.54) is 0 Å². The van der Waals surface area contributed by atoms with Crippen LogP contribution in [0.25, 0.3) is 5.69 Å². The normalized spacial score (nSPS) is 11.2. The van der Waals surface area contributed by atoms with Crippen molar-refractivity contribution in [3.05, 3.63) is 104 Å². The van der Waals surface area contributed by atoms with E-state index < -0.39 is 5.97 Å². The first-order chi connectivity index (χ1) is 18.1. The van der Waals surface area contributed by atoms with E-state index in [-0.39, 0.29) is 5.92 Å². The number of carboxylic acids is 1. The van der Waals surface area contributed by atoms with Crippen molar-refractivity contribution in [3.8, 4) is 11.4 Å². The number of hydrogen-bond donors (Lipinski definition) is 1. The molecule has 0 radical (unpaired) electrons. The first-order valence-corrected chi connectivity index (χ1v) is 13.1. The van der Waals surface area contributed by atoms with Gasteiger partial charge in [0.25, 0.3) is 0 Å². The monoisotopic (exact) mass is 551 g/mol. The number of rotatable bonds is 9. The SMILES string of the molecule is Cc1cc(CN(C)c2ccc(OCc3c(C(C)C)cnn3-c3c(Cl)cccc3Cl)cc2C)ccc1C(=O)O. The molecular weight excluding hydrogens is 521 g/mol. The van der Waals surface area contributed by atoms with Crippen molar-refractivity contribution < 1.29 is 14.6 Å². The number of nitrogens with zero attached hydrogens (tertiary/aromatic N) is 3. The lowest BCUT2D eigenvalue weighted by molar-refractivity contribution is 0.0696. The predicted molar refractivity (Wildman–Crippen MR) is 153 cm³/mol. The summed E-state index contributed by atoms with van der Waals surface area (Å²) in [6.45, 7) is 9.05. The summed E-state index contributed by atoms with van der Waals surface area (Å²) in [5, 5.41) is 14.9. The molecule has 1 aromatic heterocycles. The number of carbonyl (C=O) groups is 1. The number of para-hydroxylation sites is 1. The smallest absolute Gasteiger partial charge is 0.335 e. The summed E-state index contributed by atoms with van der Waals surface area (Å²) in [7, 11) is 2.02. The third-order valence-corrected chi connectivity index (χ3v) is 7.18. The van der Waals surface area contributed by atoms with Crippen LogP contribution in [0.4, 0.5) is 5.69 Å². The van der Waals surface area contributed by atoms with Gasteiger partial charge in [0.2, 0.25) is 0 Å². The Bertz CT molecular complexity index is 1460. The first-order valence-electron chi connectivity index (χ1n) is 12.4. The quantitative estimate of drug-likeness (QED) is 0.229. The van der Waals surface area contributed by atoms with E-state index in [4.69, 9.17) is 27.9 Å². The minimum Gasteiger partial charge on any atom is -0.487 e. The molecule has 3 aromatic carbocycles. The molecule has 0 aliphatic rings. The molecule has 0 aliphatic heterocycles. The lowest BCUT2D eigenvalue weighted by atomic mass is 10.0. The maximum atomic E-state index is 11.3. The van der Waals surface area contributed by atoms with Crippen LogP contribution in [0.15, 0.2) is 60.8 Å². The number of aryl methyl sites for hydroxylation is 2. The zero-order valence-corrected chi connectivity index (χ0v) is 23.6. The van der Waals surface area contributed by atoms with Crippen molar-refractivity contribution in [1.82, 2.24) is 9.78 Å². The van der Waals surface area contributed by atoms with E-state index in [0.29, 0.717) is 34.4 Å². The van der Waals surface area contributed by atoms with Crippen molar-refractivity contribution >= 4 is 34.9 Å². The molecule has 4 rings (SSSR count). The Hall–Kier alpha value is -3.48. The highest BCUT2D eigenvalue weighted by atomic mass is 35.5. The number of ether oxygens (including phenoxy) is 1. The summed E-state index contributed by atoms with van der Waals surface area (Å²) in [5.74, 6) is 0.0796. The second kappa shape index (κ2) is 11.5. The van der Waals surface area contributed by atoms with E-state index in [1.54, 1.807) is 22.9 Å². The van der Waals surface area contributed by atoms with Crippen molar-refractivity contribution in [3.63, 3.8) is 0 Å². The fourth-order valence-corrected chi connectivity index (χ4v) is 5.18. The topological polar surface area (TPSA) is 67.6 Å². The molecule has 8 heteroatoms. The van der Waals surface area contributed by atoms with Crippen LogP contribution in [-0.4, -0.2) is 27.9 Å². The van der Waals surface area contributed by atoms with Gasteiger partial charge in [-0.15, -0.1) is 0 Å². The maximum Gasteiger partial charge on any atom is 0.335 e. The first kappa shape index (κ1) is 27.6. The number of aromatic nitrogens is 2. The molecule has 0 aliphatic carbocycles. The molecule has 0 saturated carbocycles. The standard InChI is InChI=1S/C30H31Cl2N3O3/c1-18(2)24-15-33-35(29-25(31)7-6-8-26(29)32)28(24)17-38-22-10-12-27(20(4)14-22)34(5)16-21-9-11-23(30(36)37)19(3)13-21/h6-15,18H,16-17H2,1-5H3,(H,36,37). The fourth-order valence-electron chi connectivity index (χ4n) is 4.62. The van der Waals surface area contributed by atoms with E-state index >= 15 is 0 Å². The molecule has 1 heterocycles. The summed E-state index contributed by atoms with van der Waals surface area (Å²) in [5.41, 5.74) is 6.86. The third-order valence-electron chi connectivity index (χ3n) is 6.57. The van der Waals surface area contributed by atoms with Crippen LogP contribution in [-0.2, 0) is 13.2 Å². The molecule has 6 nitrogen and oxygen atoms in total. The molecule has 1 N–H and O–H groups in total. The number of carboxylic acid groups (broad SMARTS) is 1. The van der Waals surface area contributed by atoms with E-state index in [0.717, 1.165) is 39.4 Å². The average Bonchev–Trinajstić information content (AvgIpc) is 3.26. The highest BCUT2D eigenvalue weighted by Crippen LogP contribution is 2.32. The van der Waals surface area contributed by atoms with Gasteiger partial charge in [-0.2, -0.15) is 5.10 Å². The van der Waals surface area contributed by atoms with Crippen LogP contribution in [0.5, 0.6) is 5.75 Å². The molecule has 0 amide bonds. The number of halogens is 2. The molecule has 38 heavy (non-hydrogen) atoms. The Morgan fingerprint density at radius 2 is 1.76 bits per heavy atom.